The van der Waals surface area contributed by atoms with E-state index in [-0.39, 0.29) is 0 Å². The Labute approximate surface area is 110 Å². The van der Waals surface area contributed by atoms with Gasteiger partial charge < -0.3 is 4.57 Å². The third-order valence-electron chi connectivity index (χ3n) is 3.11. The Balaban J connectivity index is 1.91. The normalized spacial score (nSPS) is 10.6. The lowest BCUT2D eigenvalue weighted by Gasteiger charge is -2.04. The van der Waals surface area contributed by atoms with Crippen LogP contribution in [-0.2, 0) is 13.0 Å². The summed E-state index contributed by atoms with van der Waals surface area (Å²) in [6.07, 6.45) is 3.11. The van der Waals surface area contributed by atoms with Gasteiger partial charge in [0.05, 0.1) is 11.6 Å². The van der Waals surface area contributed by atoms with Gasteiger partial charge in [-0.3, -0.25) is 0 Å². The number of aryl methyl sites for hydroxylation is 2. The molecule has 3 rings (SSSR count). The van der Waals surface area contributed by atoms with Gasteiger partial charge in [-0.1, -0.05) is 12.1 Å². The van der Waals surface area contributed by atoms with Crippen molar-refractivity contribution >= 4 is 22.2 Å². The molecule has 0 radical (unpaired) electrons. The Bertz CT molecular complexity index is 702. The van der Waals surface area contributed by atoms with Crippen molar-refractivity contribution in [1.82, 2.24) is 4.57 Å². The van der Waals surface area contributed by atoms with Crippen molar-refractivity contribution in [1.29, 1.82) is 5.26 Å². The summed E-state index contributed by atoms with van der Waals surface area (Å²) in [5.41, 5.74) is 1.90. The summed E-state index contributed by atoms with van der Waals surface area (Å²) < 4.78 is 2.22. The van der Waals surface area contributed by atoms with Crippen molar-refractivity contribution in [3.8, 4) is 6.07 Å². The average Bonchev–Trinajstić information content (AvgIpc) is 3.05. The maximum Gasteiger partial charge on any atom is 0.0998 e. The zero-order valence-corrected chi connectivity index (χ0v) is 10.7. The van der Waals surface area contributed by atoms with Gasteiger partial charge in [0.1, 0.15) is 0 Å². The first-order chi connectivity index (χ1) is 8.88. The quantitative estimate of drug-likeness (QED) is 0.696. The molecule has 0 aliphatic rings. The van der Waals surface area contributed by atoms with Crippen LogP contribution in [0.15, 0.2) is 48.0 Å². The summed E-state index contributed by atoms with van der Waals surface area (Å²) >= 11 is 1.79. The highest BCUT2D eigenvalue weighted by molar-refractivity contribution is 7.09. The van der Waals surface area contributed by atoms with Gasteiger partial charge in [-0.15, -0.1) is 11.3 Å². The molecule has 88 valence electrons. The van der Waals surface area contributed by atoms with Crippen molar-refractivity contribution in [2.45, 2.75) is 13.0 Å². The molecule has 0 saturated carbocycles. The van der Waals surface area contributed by atoms with Crippen molar-refractivity contribution in [2.24, 2.45) is 0 Å². The second-order valence-electron chi connectivity index (χ2n) is 4.19. The van der Waals surface area contributed by atoms with E-state index in [2.05, 4.69) is 40.4 Å². The predicted octanol–water partition coefficient (Wildman–Crippen LogP) is 3.82. The Morgan fingerprint density at radius 3 is 2.89 bits per heavy atom. The zero-order chi connectivity index (χ0) is 12.4. The fourth-order valence-corrected chi connectivity index (χ4v) is 2.90. The Morgan fingerprint density at radius 1 is 1.17 bits per heavy atom. The molecule has 18 heavy (non-hydrogen) atoms. The minimum absolute atomic E-state index is 0.752. The van der Waals surface area contributed by atoms with E-state index in [0.29, 0.717) is 0 Å². The first-order valence-electron chi connectivity index (χ1n) is 5.89. The second kappa shape index (κ2) is 4.67. The van der Waals surface area contributed by atoms with E-state index in [0.717, 1.165) is 29.4 Å². The third-order valence-corrected chi connectivity index (χ3v) is 4.05. The molecule has 1 aromatic carbocycles. The number of fused-ring (bicyclic) bond motifs is 1. The summed E-state index contributed by atoms with van der Waals surface area (Å²) in [7, 11) is 0. The standard InChI is InChI=1S/C15H12N2S/c16-11-12-3-1-5-15-14(12)7-9-17(15)8-6-13-4-2-10-18-13/h1-5,7,9-10H,6,8H2. The van der Waals surface area contributed by atoms with Crippen LogP contribution in [0, 0.1) is 11.3 Å². The Kier molecular flexibility index (Phi) is 2.87. The highest BCUT2D eigenvalue weighted by Gasteiger charge is 2.05. The van der Waals surface area contributed by atoms with Crippen molar-refractivity contribution in [3.05, 3.63) is 58.4 Å². The number of rotatable bonds is 3. The molecule has 2 nitrogen and oxygen atoms in total. The van der Waals surface area contributed by atoms with Gasteiger partial charge in [-0.25, -0.2) is 0 Å². The number of aromatic nitrogens is 1. The number of hydrogen-bond donors (Lipinski definition) is 0. The van der Waals surface area contributed by atoms with E-state index >= 15 is 0 Å². The smallest absolute Gasteiger partial charge is 0.0998 e. The molecule has 0 aliphatic heterocycles. The van der Waals surface area contributed by atoms with Gasteiger partial charge >= 0.3 is 0 Å². The van der Waals surface area contributed by atoms with Gasteiger partial charge in [0.25, 0.3) is 0 Å². The summed E-state index contributed by atoms with van der Waals surface area (Å²) in [6.45, 7) is 0.957. The van der Waals surface area contributed by atoms with E-state index in [1.54, 1.807) is 11.3 Å². The van der Waals surface area contributed by atoms with Crippen LogP contribution >= 0.6 is 11.3 Å². The molecule has 0 fully saturated rings. The van der Waals surface area contributed by atoms with Crippen LogP contribution in [0.25, 0.3) is 10.9 Å². The van der Waals surface area contributed by atoms with Crippen LogP contribution in [0.3, 0.4) is 0 Å². The van der Waals surface area contributed by atoms with Crippen LogP contribution in [0.1, 0.15) is 10.4 Å². The zero-order valence-electron chi connectivity index (χ0n) is 9.84. The lowest BCUT2D eigenvalue weighted by Crippen LogP contribution is -1.98. The molecule has 3 heteroatoms. The highest BCUT2D eigenvalue weighted by atomic mass is 32.1. The summed E-state index contributed by atoms with van der Waals surface area (Å²) in [5.74, 6) is 0. The SMILES string of the molecule is N#Cc1cccc2c1ccn2CCc1cccs1. The number of nitrogens with zero attached hydrogens (tertiary/aromatic N) is 2. The van der Waals surface area contributed by atoms with Crippen molar-refractivity contribution in [3.63, 3.8) is 0 Å². The minimum atomic E-state index is 0.752. The fraction of sp³-hybridized carbons (Fsp3) is 0.133. The molecular formula is C15H12N2S. The first-order valence-corrected chi connectivity index (χ1v) is 6.77. The van der Waals surface area contributed by atoms with Crippen LogP contribution in [0.4, 0.5) is 0 Å². The van der Waals surface area contributed by atoms with Crippen molar-refractivity contribution < 1.29 is 0 Å². The molecule has 0 saturated heterocycles. The summed E-state index contributed by atoms with van der Waals surface area (Å²) in [4.78, 5) is 1.40. The number of thiophene rings is 1. The summed E-state index contributed by atoms with van der Waals surface area (Å²) in [5, 5.41) is 12.2. The molecule has 0 atom stereocenters. The Morgan fingerprint density at radius 2 is 2.11 bits per heavy atom. The molecule has 0 spiro atoms. The van der Waals surface area contributed by atoms with Crippen LogP contribution in [-0.4, -0.2) is 4.57 Å². The second-order valence-corrected chi connectivity index (χ2v) is 5.22. The van der Waals surface area contributed by atoms with Gasteiger partial charge in [0, 0.05) is 28.5 Å². The molecule has 0 bridgehead atoms. The van der Waals surface area contributed by atoms with Crippen molar-refractivity contribution in [2.75, 3.05) is 0 Å². The van der Waals surface area contributed by atoms with Gasteiger partial charge in [0.15, 0.2) is 0 Å². The van der Waals surface area contributed by atoms with E-state index in [9.17, 15) is 0 Å². The Hall–Kier alpha value is -2.05. The highest BCUT2D eigenvalue weighted by Crippen LogP contribution is 2.20. The van der Waals surface area contributed by atoms with Crippen LogP contribution < -0.4 is 0 Å². The molecule has 3 aromatic rings. The third kappa shape index (κ3) is 1.92. The molecule has 0 N–H and O–H groups in total. The lowest BCUT2D eigenvalue weighted by atomic mass is 10.1. The minimum Gasteiger partial charge on any atom is -0.347 e. The van der Waals surface area contributed by atoms with E-state index in [4.69, 9.17) is 5.26 Å². The number of hydrogen-bond acceptors (Lipinski definition) is 2. The average molecular weight is 252 g/mol. The van der Waals surface area contributed by atoms with E-state index in [1.165, 1.54) is 4.88 Å². The molecule has 0 unspecified atom stereocenters. The molecule has 2 heterocycles. The fourth-order valence-electron chi connectivity index (χ4n) is 2.20. The molecule has 2 aromatic heterocycles. The molecule has 0 amide bonds. The first kappa shape index (κ1) is 11.1. The van der Waals surface area contributed by atoms with Gasteiger partial charge in [0.2, 0.25) is 0 Å². The van der Waals surface area contributed by atoms with Gasteiger partial charge in [-0.2, -0.15) is 5.26 Å². The van der Waals surface area contributed by atoms with E-state index in [1.807, 2.05) is 18.2 Å². The molecule has 0 aliphatic carbocycles. The summed E-state index contributed by atoms with van der Waals surface area (Å²) in [6, 6.07) is 14.4. The van der Waals surface area contributed by atoms with E-state index < -0.39 is 0 Å². The maximum atomic E-state index is 9.07. The van der Waals surface area contributed by atoms with Crippen LogP contribution in [0.2, 0.25) is 0 Å². The predicted molar refractivity (Wildman–Crippen MR) is 74.7 cm³/mol. The van der Waals surface area contributed by atoms with Crippen LogP contribution in [0.5, 0.6) is 0 Å². The topological polar surface area (TPSA) is 28.7 Å². The number of nitriles is 1. The van der Waals surface area contributed by atoms with Gasteiger partial charge in [-0.05, 0) is 36.1 Å². The largest absolute Gasteiger partial charge is 0.347 e. The monoisotopic (exact) mass is 252 g/mol. The lowest BCUT2D eigenvalue weighted by molar-refractivity contribution is 0.730. The molecular weight excluding hydrogens is 240 g/mol. The number of benzene rings is 1. The maximum absolute atomic E-state index is 9.07.